The smallest absolute Gasteiger partial charge is 0.248 e. The Morgan fingerprint density at radius 2 is 1.77 bits per heavy atom. The van der Waals surface area contributed by atoms with Crippen molar-refractivity contribution in [1.82, 2.24) is 9.97 Å². The van der Waals surface area contributed by atoms with Crippen LogP contribution in [0.5, 0.6) is 0 Å². The number of anilines is 3. The van der Waals surface area contributed by atoms with Crippen molar-refractivity contribution < 1.29 is 4.79 Å². The molecule has 22 heavy (non-hydrogen) atoms. The first-order chi connectivity index (χ1) is 10.7. The van der Waals surface area contributed by atoms with Crippen LogP contribution in [0.4, 0.5) is 17.5 Å². The van der Waals surface area contributed by atoms with E-state index in [0.29, 0.717) is 11.5 Å². The third-order valence-corrected chi connectivity index (χ3v) is 3.27. The zero-order valence-electron chi connectivity index (χ0n) is 12.0. The van der Waals surface area contributed by atoms with Crippen molar-refractivity contribution in [2.75, 3.05) is 17.7 Å². The minimum Gasteiger partial charge on any atom is -0.372 e. The minimum atomic E-state index is -0.453. The SMILES string of the molecule is CNc1nc(Nc2ccc(C(N)=O)cc2)nc2ccccc12. The van der Waals surface area contributed by atoms with E-state index >= 15 is 0 Å². The molecule has 4 N–H and O–H groups in total. The van der Waals surface area contributed by atoms with Crippen molar-refractivity contribution in [2.45, 2.75) is 0 Å². The average molecular weight is 293 g/mol. The summed E-state index contributed by atoms with van der Waals surface area (Å²) in [5, 5.41) is 7.15. The van der Waals surface area contributed by atoms with Crippen LogP contribution in [0.3, 0.4) is 0 Å². The molecule has 0 atom stereocenters. The molecule has 0 unspecified atom stereocenters. The lowest BCUT2D eigenvalue weighted by Gasteiger charge is -2.09. The molecular weight excluding hydrogens is 278 g/mol. The quantitative estimate of drug-likeness (QED) is 0.687. The van der Waals surface area contributed by atoms with Crippen LogP contribution in [0.15, 0.2) is 48.5 Å². The van der Waals surface area contributed by atoms with E-state index in [0.717, 1.165) is 22.4 Å². The number of carbonyl (C=O) groups excluding carboxylic acids is 1. The zero-order valence-corrected chi connectivity index (χ0v) is 12.0. The van der Waals surface area contributed by atoms with Crippen LogP contribution in [-0.4, -0.2) is 22.9 Å². The number of carbonyl (C=O) groups is 1. The number of aromatic nitrogens is 2. The molecule has 0 aliphatic heterocycles. The predicted octanol–water partition coefficient (Wildman–Crippen LogP) is 2.51. The molecule has 110 valence electrons. The van der Waals surface area contributed by atoms with E-state index in [-0.39, 0.29) is 0 Å². The van der Waals surface area contributed by atoms with Crippen molar-refractivity contribution in [2.24, 2.45) is 5.73 Å². The molecule has 6 nitrogen and oxygen atoms in total. The van der Waals surface area contributed by atoms with Gasteiger partial charge in [0.25, 0.3) is 0 Å². The molecule has 0 aliphatic carbocycles. The number of benzene rings is 2. The summed E-state index contributed by atoms with van der Waals surface area (Å²) in [6, 6.07) is 14.6. The monoisotopic (exact) mass is 293 g/mol. The van der Waals surface area contributed by atoms with Crippen molar-refractivity contribution in [3.05, 3.63) is 54.1 Å². The minimum absolute atomic E-state index is 0.453. The Labute approximate surface area is 127 Å². The van der Waals surface area contributed by atoms with Crippen molar-refractivity contribution in [3.8, 4) is 0 Å². The van der Waals surface area contributed by atoms with Crippen LogP contribution >= 0.6 is 0 Å². The molecule has 0 fully saturated rings. The van der Waals surface area contributed by atoms with Crippen LogP contribution in [0.2, 0.25) is 0 Å². The summed E-state index contributed by atoms with van der Waals surface area (Å²) in [4.78, 5) is 20.0. The molecular formula is C16H15N5O. The third-order valence-electron chi connectivity index (χ3n) is 3.27. The summed E-state index contributed by atoms with van der Waals surface area (Å²) >= 11 is 0. The first-order valence-electron chi connectivity index (χ1n) is 6.79. The van der Waals surface area contributed by atoms with Gasteiger partial charge in [-0.05, 0) is 36.4 Å². The number of nitrogens with zero attached hydrogens (tertiary/aromatic N) is 2. The van der Waals surface area contributed by atoms with Crippen molar-refractivity contribution in [3.63, 3.8) is 0 Å². The topological polar surface area (TPSA) is 92.9 Å². The van der Waals surface area contributed by atoms with Gasteiger partial charge in [-0.25, -0.2) is 4.98 Å². The highest BCUT2D eigenvalue weighted by Gasteiger charge is 2.07. The fourth-order valence-electron chi connectivity index (χ4n) is 2.17. The number of amides is 1. The number of fused-ring (bicyclic) bond motifs is 1. The Kier molecular flexibility index (Phi) is 3.57. The number of hydrogen-bond acceptors (Lipinski definition) is 5. The Morgan fingerprint density at radius 3 is 2.45 bits per heavy atom. The van der Waals surface area contributed by atoms with Crippen LogP contribution in [0.1, 0.15) is 10.4 Å². The number of hydrogen-bond donors (Lipinski definition) is 3. The van der Waals surface area contributed by atoms with Crippen LogP contribution < -0.4 is 16.4 Å². The normalized spacial score (nSPS) is 10.4. The van der Waals surface area contributed by atoms with Gasteiger partial charge in [-0.2, -0.15) is 4.98 Å². The Balaban J connectivity index is 1.95. The fourth-order valence-corrected chi connectivity index (χ4v) is 2.17. The maximum Gasteiger partial charge on any atom is 0.248 e. The van der Waals surface area contributed by atoms with E-state index in [4.69, 9.17) is 5.73 Å². The largest absolute Gasteiger partial charge is 0.372 e. The van der Waals surface area contributed by atoms with Gasteiger partial charge in [0.2, 0.25) is 11.9 Å². The molecule has 3 rings (SSSR count). The van der Waals surface area contributed by atoms with Crippen molar-refractivity contribution in [1.29, 1.82) is 0 Å². The molecule has 0 radical (unpaired) electrons. The molecule has 2 aromatic carbocycles. The number of para-hydroxylation sites is 1. The summed E-state index contributed by atoms with van der Waals surface area (Å²) < 4.78 is 0. The Hall–Kier alpha value is -3.15. The molecule has 1 aromatic heterocycles. The van der Waals surface area contributed by atoms with Crippen LogP contribution in [-0.2, 0) is 0 Å². The van der Waals surface area contributed by atoms with E-state index in [2.05, 4.69) is 20.6 Å². The fraction of sp³-hybridized carbons (Fsp3) is 0.0625. The second-order valence-corrected chi connectivity index (χ2v) is 4.73. The Bertz CT molecular complexity index is 830. The van der Waals surface area contributed by atoms with Gasteiger partial charge in [-0.15, -0.1) is 0 Å². The second-order valence-electron chi connectivity index (χ2n) is 4.73. The van der Waals surface area contributed by atoms with Gasteiger partial charge >= 0.3 is 0 Å². The number of nitrogens with two attached hydrogens (primary N) is 1. The molecule has 0 saturated heterocycles. The van der Waals surface area contributed by atoms with Gasteiger partial charge in [-0.3, -0.25) is 4.79 Å². The van der Waals surface area contributed by atoms with Gasteiger partial charge in [-0.1, -0.05) is 12.1 Å². The van der Waals surface area contributed by atoms with E-state index in [1.807, 2.05) is 31.3 Å². The van der Waals surface area contributed by atoms with Gasteiger partial charge in [0, 0.05) is 23.7 Å². The molecule has 1 heterocycles. The Morgan fingerprint density at radius 1 is 1.05 bits per heavy atom. The molecule has 1 amide bonds. The van der Waals surface area contributed by atoms with Crippen LogP contribution in [0, 0.1) is 0 Å². The molecule has 6 heteroatoms. The molecule has 0 aliphatic rings. The molecule has 0 saturated carbocycles. The number of rotatable bonds is 4. The summed E-state index contributed by atoms with van der Waals surface area (Å²) in [7, 11) is 1.82. The highest BCUT2D eigenvalue weighted by atomic mass is 16.1. The standard InChI is InChI=1S/C16H15N5O/c1-18-15-12-4-2-3-5-13(12)20-16(21-15)19-11-8-6-10(7-9-11)14(17)22/h2-9H,1H3,(H2,17,22)(H2,18,19,20,21). The van der Waals surface area contributed by atoms with Gasteiger partial charge in [0.1, 0.15) is 5.82 Å². The maximum atomic E-state index is 11.1. The van der Waals surface area contributed by atoms with E-state index in [1.54, 1.807) is 24.3 Å². The lowest BCUT2D eigenvalue weighted by molar-refractivity contribution is 0.100. The van der Waals surface area contributed by atoms with Crippen molar-refractivity contribution >= 4 is 34.3 Å². The third kappa shape index (κ3) is 2.67. The molecule has 3 aromatic rings. The lowest BCUT2D eigenvalue weighted by Crippen LogP contribution is -2.10. The number of primary amides is 1. The van der Waals surface area contributed by atoms with E-state index in [1.165, 1.54) is 0 Å². The maximum absolute atomic E-state index is 11.1. The van der Waals surface area contributed by atoms with Crippen LogP contribution in [0.25, 0.3) is 10.9 Å². The summed E-state index contributed by atoms with van der Waals surface area (Å²) in [5.41, 5.74) is 7.31. The van der Waals surface area contributed by atoms with Gasteiger partial charge in [0.05, 0.1) is 5.52 Å². The number of nitrogens with one attached hydrogen (secondary N) is 2. The second kappa shape index (κ2) is 5.69. The lowest BCUT2D eigenvalue weighted by atomic mass is 10.2. The first kappa shape index (κ1) is 13.8. The molecule has 0 bridgehead atoms. The summed E-state index contributed by atoms with van der Waals surface area (Å²) in [6.45, 7) is 0. The summed E-state index contributed by atoms with van der Waals surface area (Å²) in [6.07, 6.45) is 0. The predicted molar refractivity (Wildman–Crippen MR) is 87.3 cm³/mol. The van der Waals surface area contributed by atoms with E-state index in [9.17, 15) is 4.79 Å². The van der Waals surface area contributed by atoms with E-state index < -0.39 is 5.91 Å². The average Bonchev–Trinajstić information content (AvgIpc) is 2.54. The zero-order chi connectivity index (χ0) is 15.5. The summed E-state index contributed by atoms with van der Waals surface area (Å²) in [5.74, 6) is 0.780. The highest BCUT2D eigenvalue weighted by molar-refractivity contribution is 5.93. The first-order valence-corrected chi connectivity index (χ1v) is 6.79. The molecule has 0 spiro atoms. The van der Waals surface area contributed by atoms with Gasteiger partial charge in [0.15, 0.2) is 0 Å². The van der Waals surface area contributed by atoms with Gasteiger partial charge < -0.3 is 16.4 Å². The highest BCUT2D eigenvalue weighted by Crippen LogP contribution is 2.23.